The fourth-order valence-electron chi connectivity index (χ4n) is 6.61. The molecule has 0 unspecified atom stereocenters. The first-order valence-corrected chi connectivity index (χ1v) is 14.2. The molecule has 0 aliphatic heterocycles. The number of nitrogens with zero attached hydrogens (tertiary/aromatic N) is 2. The molecule has 5 N–H and O–H groups in total. The number of benzene rings is 2. The summed E-state index contributed by atoms with van der Waals surface area (Å²) in [6.45, 7) is 0. The van der Waals surface area contributed by atoms with Crippen LogP contribution in [0.1, 0.15) is 75.0 Å². The van der Waals surface area contributed by atoms with Crippen LogP contribution in [0.5, 0.6) is 17.2 Å². The molecule has 3 aliphatic rings. The minimum Gasteiger partial charge on any atom is -0.507 e. The SMILES string of the molecule is COC1=CC(=O)c2c(O)c3c(c(O)c2C1=O)C(=O)[C@]1(CCc2cc4cc(/C=N/NC(=O)c5ccncc5Cl)[nH]c(=O)c4c(O)c21)C3=O. The van der Waals surface area contributed by atoms with Crippen LogP contribution in [-0.2, 0) is 16.6 Å². The predicted octanol–water partition coefficient (Wildman–Crippen LogP) is 2.63. The Morgan fingerprint density at radius 1 is 1.04 bits per heavy atom. The second-order valence-corrected chi connectivity index (χ2v) is 11.4. The number of allylic oxidation sites excluding steroid dienone is 2. The van der Waals surface area contributed by atoms with Crippen LogP contribution in [0.3, 0.4) is 0 Å². The summed E-state index contributed by atoms with van der Waals surface area (Å²) in [6.07, 6.45) is 4.48. The standard InChI is InChI=1S/C32H19ClN4O10/c1-47-17-8-16(38)19-20(24(17)39)26(41)22-21(25(19)40)28(43)32(29(22)44)4-2-11-6-12-7-13(36-31(46)18(12)27(42)23(11)32)9-35-37-30(45)14-3-5-34-10-15(14)33/h3,5-10,40-42H,2,4H2,1H3,(H,36,46)(H,37,45)/b35-9+/t32-/m0/s1. The Bertz CT molecular complexity index is 2340. The van der Waals surface area contributed by atoms with Crippen molar-refractivity contribution < 1.29 is 44.0 Å². The van der Waals surface area contributed by atoms with E-state index >= 15 is 0 Å². The Labute approximate surface area is 267 Å². The van der Waals surface area contributed by atoms with E-state index in [1.807, 2.05) is 0 Å². The van der Waals surface area contributed by atoms with E-state index in [-0.39, 0.29) is 45.5 Å². The van der Waals surface area contributed by atoms with Gasteiger partial charge in [-0.2, -0.15) is 5.10 Å². The third-order valence-electron chi connectivity index (χ3n) is 8.65. The molecule has 14 nitrogen and oxygen atoms in total. The molecule has 15 heteroatoms. The maximum absolute atomic E-state index is 14.1. The normalized spacial score (nSPS) is 18.1. The average molecular weight is 655 g/mol. The van der Waals surface area contributed by atoms with Crippen molar-refractivity contribution in [2.45, 2.75) is 18.3 Å². The van der Waals surface area contributed by atoms with Gasteiger partial charge >= 0.3 is 0 Å². The van der Waals surface area contributed by atoms with Crippen molar-refractivity contribution in [1.82, 2.24) is 15.4 Å². The second-order valence-electron chi connectivity index (χ2n) is 11.0. The maximum atomic E-state index is 14.1. The number of hydrogen-bond donors (Lipinski definition) is 5. The summed E-state index contributed by atoms with van der Waals surface area (Å²) in [5.41, 5.74) is -2.98. The van der Waals surface area contributed by atoms with E-state index in [0.717, 1.165) is 19.4 Å². The number of carbonyl (C=O) groups excluding carboxylic acids is 5. The third kappa shape index (κ3) is 3.91. The van der Waals surface area contributed by atoms with Crippen molar-refractivity contribution in [3.8, 4) is 17.2 Å². The topological polar surface area (TPSA) is 225 Å². The van der Waals surface area contributed by atoms with Crippen LogP contribution >= 0.6 is 11.6 Å². The van der Waals surface area contributed by atoms with Gasteiger partial charge in [-0.15, -0.1) is 0 Å². The number of aromatic nitrogens is 2. The molecule has 2 aromatic carbocycles. The lowest BCUT2D eigenvalue weighted by Gasteiger charge is -2.22. The molecule has 4 aromatic rings. The van der Waals surface area contributed by atoms with Gasteiger partial charge in [0, 0.05) is 24.0 Å². The number of carbonyl (C=O) groups is 5. The van der Waals surface area contributed by atoms with Crippen LogP contribution in [0.15, 0.2) is 52.3 Å². The Kier molecular flexibility index (Phi) is 6.40. The lowest BCUT2D eigenvalue weighted by molar-refractivity contribution is 0.0790. The van der Waals surface area contributed by atoms with Crippen LogP contribution in [0.4, 0.5) is 0 Å². The highest BCUT2D eigenvalue weighted by Crippen LogP contribution is 2.57. The monoisotopic (exact) mass is 654 g/mol. The van der Waals surface area contributed by atoms with Gasteiger partial charge < -0.3 is 25.0 Å². The largest absolute Gasteiger partial charge is 0.507 e. The molecule has 2 aromatic heterocycles. The van der Waals surface area contributed by atoms with Crippen LogP contribution in [0.25, 0.3) is 10.8 Å². The number of aromatic amines is 1. The Morgan fingerprint density at radius 2 is 1.74 bits per heavy atom. The van der Waals surface area contributed by atoms with Gasteiger partial charge in [-0.25, -0.2) is 5.43 Å². The zero-order chi connectivity index (χ0) is 33.5. The van der Waals surface area contributed by atoms with Crippen LogP contribution in [0, 0.1) is 0 Å². The molecule has 234 valence electrons. The zero-order valence-electron chi connectivity index (χ0n) is 23.9. The molecule has 1 spiro atoms. The molecule has 0 fully saturated rings. The van der Waals surface area contributed by atoms with Gasteiger partial charge in [0.25, 0.3) is 11.5 Å². The number of fused-ring (bicyclic) bond motifs is 5. The molecule has 0 saturated heterocycles. The predicted molar refractivity (Wildman–Crippen MR) is 163 cm³/mol. The van der Waals surface area contributed by atoms with Gasteiger partial charge in [-0.1, -0.05) is 17.7 Å². The number of pyridine rings is 2. The zero-order valence-corrected chi connectivity index (χ0v) is 24.7. The molecule has 7 rings (SSSR count). The van der Waals surface area contributed by atoms with Crippen molar-refractivity contribution in [3.63, 3.8) is 0 Å². The molecule has 3 aliphatic carbocycles. The number of methoxy groups -OCH3 is 1. The molecular formula is C32H19ClN4O10. The highest BCUT2D eigenvalue weighted by atomic mass is 35.5. The summed E-state index contributed by atoms with van der Waals surface area (Å²) in [7, 11) is 1.12. The van der Waals surface area contributed by atoms with Crippen molar-refractivity contribution in [2.24, 2.45) is 5.10 Å². The summed E-state index contributed by atoms with van der Waals surface area (Å²) >= 11 is 5.97. The van der Waals surface area contributed by atoms with E-state index in [9.17, 15) is 44.1 Å². The lowest BCUT2D eigenvalue weighted by atomic mass is 9.76. The molecule has 1 amide bonds. The second kappa shape index (κ2) is 10.2. The molecule has 47 heavy (non-hydrogen) atoms. The third-order valence-corrected chi connectivity index (χ3v) is 8.95. The summed E-state index contributed by atoms with van der Waals surface area (Å²) < 4.78 is 4.91. The van der Waals surface area contributed by atoms with E-state index in [1.54, 1.807) is 0 Å². The smallest absolute Gasteiger partial charge is 0.272 e. The summed E-state index contributed by atoms with van der Waals surface area (Å²) in [5, 5.41) is 37.7. The van der Waals surface area contributed by atoms with E-state index in [0.29, 0.717) is 5.56 Å². The Morgan fingerprint density at radius 3 is 2.43 bits per heavy atom. The van der Waals surface area contributed by atoms with Crippen molar-refractivity contribution in [1.29, 1.82) is 0 Å². The number of ketones is 4. The first-order chi connectivity index (χ1) is 22.4. The van der Waals surface area contributed by atoms with Gasteiger partial charge in [0.1, 0.15) is 22.7 Å². The average Bonchev–Trinajstić information content (AvgIpc) is 3.53. The summed E-state index contributed by atoms with van der Waals surface area (Å²) in [5.74, 6) is -7.61. The molecular weight excluding hydrogens is 636 g/mol. The van der Waals surface area contributed by atoms with Crippen molar-refractivity contribution >= 4 is 57.6 Å². The number of rotatable bonds is 4. The number of hydrogen-bond acceptors (Lipinski definition) is 12. The number of halogens is 1. The summed E-state index contributed by atoms with van der Waals surface area (Å²) in [6, 6.07) is 4.36. The van der Waals surface area contributed by atoms with Gasteiger partial charge in [0.15, 0.2) is 23.1 Å². The first-order valence-electron chi connectivity index (χ1n) is 13.8. The fourth-order valence-corrected chi connectivity index (χ4v) is 6.81. The molecule has 2 heterocycles. The number of H-pyrrole nitrogens is 1. The Hall–Kier alpha value is -6.15. The van der Waals surface area contributed by atoms with Crippen molar-refractivity contribution in [3.05, 3.63) is 102 Å². The quantitative estimate of drug-likeness (QED) is 0.0930. The van der Waals surface area contributed by atoms with Crippen LogP contribution in [-0.4, -0.2) is 67.7 Å². The van der Waals surface area contributed by atoms with Gasteiger partial charge in [0.05, 0.1) is 57.2 Å². The lowest BCUT2D eigenvalue weighted by Crippen LogP contribution is -2.36. The number of aromatic hydroxyl groups is 3. The summed E-state index contributed by atoms with van der Waals surface area (Å²) in [4.78, 5) is 86.0. The fraction of sp³-hybridized carbons (Fsp3) is 0.125. The minimum atomic E-state index is -2.16. The van der Waals surface area contributed by atoms with Crippen LogP contribution < -0.4 is 11.0 Å². The molecule has 0 saturated carbocycles. The number of Topliss-reactive ketones (excluding diaryl/α,β-unsaturated/α-hetero) is 3. The van der Waals surface area contributed by atoms with Gasteiger partial charge in [-0.05, 0) is 35.9 Å². The van der Waals surface area contributed by atoms with Gasteiger partial charge in [-0.3, -0.25) is 33.8 Å². The number of ether oxygens (including phenoxy) is 1. The van der Waals surface area contributed by atoms with Crippen molar-refractivity contribution in [2.75, 3.05) is 7.11 Å². The first kappa shape index (κ1) is 29.6. The van der Waals surface area contributed by atoms with E-state index in [4.69, 9.17) is 16.3 Å². The minimum absolute atomic E-state index is 0.0672. The highest BCUT2D eigenvalue weighted by molar-refractivity contribution is 6.39. The maximum Gasteiger partial charge on any atom is 0.272 e. The van der Waals surface area contributed by atoms with Gasteiger partial charge in [0.2, 0.25) is 5.78 Å². The van der Waals surface area contributed by atoms with E-state index in [1.165, 1.54) is 30.6 Å². The molecule has 0 bridgehead atoms. The van der Waals surface area contributed by atoms with Crippen LogP contribution in [0.2, 0.25) is 5.02 Å². The Balaban J connectivity index is 1.31. The molecule has 1 atom stereocenters. The number of nitrogens with one attached hydrogen (secondary N) is 2. The number of aryl methyl sites for hydroxylation is 1. The van der Waals surface area contributed by atoms with E-state index in [2.05, 4.69) is 20.5 Å². The number of phenolic OH excluding ortho intramolecular Hbond substituents is 3. The number of hydrazone groups is 1. The molecule has 0 radical (unpaired) electrons. The van der Waals surface area contributed by atoms with E-state index < -0.39 is 85.3 Å². The highest BCUT2D eigenvalue weighted by Gasteiger charge is 2.61. The number of phenols is 3. The number of amides is 1.